The number of nitrogens with one attached hydrogen (secondary N) is 1. The fourth-order valence-corrected chi connectivity index (χ4v) is 2.31. The van der Waals surface area contributed by atoms with E-state index in [0.29, 0.717) is 17.2 Å². The molecule has 2 aromatic carbocycles. The van der Waals surface area contributed by atoms with Crippen LogP contribution in [0.2, 0.25) is 0 Å². The van der Waals surface area contributed by atoms with Gasteiger partial charge in [0.2, 0.25) is 0 Å². The summed E-state index contributed by atoms with van der Waals surface area (Å²) >= 11 is 0. The van der Waals surface area contributed by atoms with Crippen molar-refractivity contribution in [3.63, 3.8) is 0 Å². The molecule has 2 aromatic rings. The number of benzene rings is 2. The summed E-state index contributed by atoms with van der Waals surface area (Å²) in [7, 11) is 1.52. The van der Waals surface area contributed by atoms with E-state index in [1.54, 1.807) is 18.2 Å². The lowest BCUT2D eigenvalue weighted by atomic mass is 10.1. The first kappa shape index (κ1) is 19.3. The molecule has 6 heteroatoms. The molecular weight excluding hydrogens is 334 g/mol. The molecule has 0 saturated heterocycles. The van der Waals surface area contributed by atoms with Crippen LogP contribution < -0.4 is 14.8 Å². The van der Waals surface area contributed by atoms with Gasteiger partial charge in [0.05, 0.1) is 12.8 Å². The van der Waals surface area contributed by atoms with Crippen molar-refractivity contribution in [3.8, 4) is 11.5 Å². The third-order valence-corrected chi connectivity index (χ3v) is 3.89. The van der Waals surface area contributed by atoms with Crippen molar-refractivity contribution in [1.29, 1.82) is 0 Å². The Morgan fingerprint density at radius 3 is 2.50 bits per heavy atom. The van der Waals surface area contributed by atoms with Crippen LogP contribution >= 0.6 is 0 Å². The lowest BCUT2D eigenvalue weighted by molar-refractivity contribution is -0.149. The highest BCUT2D eigenvalue weighted by Crippen LogP contribution is 2.25. The summed E-state index contributed by atoms with van der Waals surface area (Å²) in [6.07, 6.45) is 0. The van der Waals surface area contributed by atoms with E-state index in [1.807, 2.05) is 39.0 Å². The molecule has 0 spiro atoms. The number of hydrogen-bond donors (Lipinski definition) is 1. The van der Waals surface area contributed by atoms with Crippen molar-refractivity contribution in [3.05, 3.63) is 53.1 Å². The second kappa shape index (κ2) is 8.89. The lowest BCUT2D eigenvalue weighted by Gasteiger charge is -2.12. The SMILES string of the molecule is COc1ccc(C)cc1NC(=O)COC(=O)COc1cccc(C)c1C. The maximum atomic E-state index is 12.0. The molecule has 0 radical (unpaired) electrons. The Morgan fingerprint density at radius 1 is 1.00 bits per heavy atom. The Bertz CT molecular complexity index is 801. The first-order valence-electron chi connectivity index (χ1n) is 8.20. The summed E-state index contributed by atoms with van der Waals surface area (Å²) in [5, 5.41) is 2.67. The van der Waals surface area contributed by atoms with Crippen LogP contribution in [-0.2, 0) is 14.3 Å². The number of ether oxygens (including phenoxy) is 3. The van der Waals surface area contributed by atoms with Crippen molar-refractivity contribution < 1.29 is 23.8 Å². The standard InChI is InChI=1S/C20H23NO5/c1-13-8-9-18(24-4)16(10-13)21-19(22)11-26-20(23)12-25-17-7-5-6-14(2)15(17)3/h5-10H,11-12H2,1-4H3,(H,21,22). The summed E-state index contributed by atoms with van der Waals surface area (Å²) in [4.78, 5) is 23.8. The van der Waals surface area contributed by atoms with Crippen LogP contribution in [0.1, 0.15) is 16.7 Å². The Balaban J connectivity index is 1.83. The van der Waals surface area contributed by atoms with Gasteiger partial charge in [0.25, 0.3) is 5.91 Å². The van der Waals surface area contributed by atoms with E-state index in [1.165, 1.54) is 7.11 Å². The number of methoxy groups -OCH3 is 1. The molecule has 1 amide bonds. The Morgan fingerprint density at radius 2 is 1.77 bits per heavy atom. The maximum Gasteiger partial charge on any atom is 0.344 e. The zero-order valence-electron chi connectivity index (χ0n) is 15.4. The van der Waals surface area contributed by atoms with Crippen molar-refractivity contribution in [1.82, 2.24) is 0 Å². The number of carbonyl (C=O) groups is 2. The molecule has 6 nitrogen and oxygen atoms in total. The van der Waals surface area contributed by atoms with E-state index in [2.05, 4.69) is 5.32 Å². The highest BCUT2D eigenvalue weighted by Gasteiger charge is 2.12. The van der Waals surface area contributed by atoms with Gasteiger partial charge in [-0.2, -0.15) is 0 Å². The highest BCUT2D eigenvalue weighted by atomic mass is 16.6. The second-order valence-corrected chi connectivity index (χ2v) is 5.90. The van der Waals surface area contributed by atoms with Gasteiger partial charge in [-0.15, -0.1) is 0 Å². The third-order valence-electron chi connectivity index (χ3n) is 3.89. The summed E-state index contributed by atoms with van der Waals surface area (Å²) in [5.74, 6) is 0.0932. The summed E-state index contributed by atoms with van der Waals surface area (Å²) in [5.41, 5.74) is 3.53. The van der Waals surface area contributed by atoms with Crippen LogP contribution in [0.15, 0.2) is 36.4 Å². The molecule has 0 fully saturated rings. The van der Waals surface area contributed by atoms with E-state index in [9.17, 15) is 9.59 Å². The van der Waals surface area contributed by atoms with Crippen molar-refractivity contribution in [2.75, 3.05) is 25.6 Å². The number of aryl methyl sites for hydroxylation is 2. The van der Waals surface area contributed by atoms with Crippen LogP contribution in [0.3, 0.4) is 0 Å². The van der Waals surface area contributed by atoms with Gasteiger partial charge in [-0.1, -0.05) is 18.2 Å². The smallest absolute Gasteiger partial charge is 0.344 e. The van der Waals surface area contributed by atoms with Crippen LogP contribution in [0, 0.1) is 20.8 Å². The van der Waals surface area contributed by atoms with Crippen molar-refractivity contribution in [2.45, 2.75) is 20.8 Å². The molecule has 0 aliphatic carbocycles. The maximum absolute atomic E-state index is 12.0. The minimum atomic E-state index is -0.614. The van der Waals surface area contributed by atoms with Crippen LogP contribution in [0.25, 0.3) is 0 Å². The Kier molecular flexibility index (Phi) is 6.60. The van der Waals surface area contributed by atoms with Gasteiger partial charge in [0.1, 0.15) is 11.5 Å². The molecular formula is C20H23NO5. The quantitative estimate of drug-likeness (QED) is 0.771. The first-order valence-corrected chi connectivity index (χ1v) is 8.20. The molecule has 138 valence electrons. The molecule has 26 heavy (non-hydrogen) atoms. The van der Waals surface area contributed by atoms with E-state index >= 15 is 0 Å². The topological polar surface area (TPSA) is 73.9 Å². The number of rotatable bonds is 7. The second-order valence-electron chi connectivity index (χ2n) is 5.90. The van der Waals surface area contributed by atoms with Crippen LogP contribution in [0.5, 0.6) is 11.5 Å². The number of hydrogen-bond acceptors (Lipinski definition) is 5. The predicted molar refractivity (Wildman–Crippen MR) is 98.7 cm³/mol. The molecule has 0 unspecified atom stereocenters. The lowest BCUT2D eigenvalue weighted by Crippen LogP contribution is -2.24. The Labute approximate surface area is 153 Å². The largest absolute Gasteiger partial charge is 0.495 e. The molecule has 0 aliphatic rings. The van der Waals surface area contributed by atoms with Gasteiger partial charge >= 0.3 is 5.97 Å². The molecule has 0 saturated carbocycles. The molecule has 0 atom stereocenters. The van der Waals surface area contributed by atoms with Gasteiger partial charge in [-0.25, -0.2) is 4.79 Å². The molecule has 0 bridgehead atoms. The zero-order valence-corrected chi connectivity index (χ0v) is 15.4. The zero-order chi connectivity index (χ0) is 19.1. The van der Waals surface area contributed by atoms with Crippen molar-refractivity contribution in [2.24, 2.45) is 0 Å². The monoisotopic (exact) mass is 357 g/mol. The van der Waals surface area contributed by atoms with Gasteiger partial charge in [0.15, 0.2) is 13.2 Å². The number of amides is 1. The summed E-state index contributed by atoms with van der Waals surface area (Å²) in [6, 6.07) is 11.0. The number of esters is 1. The average Bonchev–Trinajstić information content (AvgIpc) is 2.61. The summed E-state index contributed by atoms with van der Waals surface area (Å²) < 4.78 is 15.6. The fourth-order valence-electron chi connectivity index (χ4n) is 2.31. The minimum absolute atomic E-state index is 0.259. The number of carbonyl (C=O) groups excluding carboxylic acids is 2. The molecule has 1 N–H and O–H groups in total. The average molecular weight is 357 g/mol. The van der Waals surface area contributed by atoms with Gasteiger partial charge in [-0.3, -0.25) is 4.79 Å². The van der Waals surface area contributed by atoms with E-state index < -0.39 is 18.5 Å². The minimum Gasteiger partial charge on any atom is -0.495 e. The molecule has 2 rings (SSSR count). The molecule has 0 heterocycles. The third kappa shape index (κ3) is 5.24. The normalized spacial score (nSPS) is 10.2. The predicted octanol–water partition coefficient (Wildman–Crippen LogP) is 3.18. The van der Waals surface area contributed by atoms with E-state index in [0.717, 1.165) is 16.7 Å². The van der Waals surface area contributed by atoms with Crippen molar-refractivity contribution >= 4 is 17.6 Å². The van der Waals surface area contributed by atoms with Crippen LogP contribution in [0.4, 0.5) is 5.69 Å². The molecule has 0 aromatic heterocycles. The summed E-state index contributed by atoms with van der Waals surface area (Å²) in [6.45, 7) is 5.13. The Hall–Kier alpha value is -3.02. The fraction of sp³-hybridized carbons (Fsp3) is 0.300. The van der Waals surface area contributed by atoms with Gasteiger partial charge in [0, 0.05) is 0 Å². The number of anilines is 1. The van der Waals surface area contributed by atoms with E-state index in [-0.39, 0.29) is 6.61 Å². The molecule has 0 aliphatic heterocycles. The van der Waals surface area contributed by atoms with Gasteiger partial charge in [-0.05, 0) is 55.7 Å². The highest BCUT2D eigenvalue weighted by molar-refractivity contribution is 5.94. The van der Waals surface area contributed by atoms with Crippen LogP contribution in [-0.4, -0.2) is 32.2 Å². The first-order chi connectivity index (χ1) is 12.4. The van der Waals surface area contributed by atoms with Gasteiger partial charge < -0.3 is 19.5 Å². The van der Waals surface area contributed by atoms with E-state index in [4.69, 9.17) is 14.2 Å².